The first-order valence-corrected chi connectivity index (χ1v) is 10.2. The summed E-state index contributed by atoms with van der Waals surface area (Å²) in [6, 6.07) is 7.90. The van der Waals surface area contributed by atoms with Crippen molar-refractivity contribution in [1.82, 2.24) is 4.98 Å². The number of nitrogens with one attached hydrogen (secondary N) is 1. The minimum atomic E-state index is -3.83. The van der Waals surface area contributed by atoms with Crippen LogP contribution in [0.1, 0.15) is 26.3 Å². The number of hydrogen-bond acceptors (Lipinski definition) is 5. The summed E-state index contributed by atoms with van der Waals surface area (Å²) in [5, 5.41) is 4.40. The summed E-state index contributed by atoms with van der Waals surface area (Å²) in [5.74, 6) is 0.290. The summed E-state index contributed by atoms with van der Waals surface area (Å²) < 4.78 is 29.6. The summed E-state index contributed by atoms with van der Waals surface area (Å²) in [4.78, 5) is 4.33. The van der Waals surface area contributed by atoms with E-state index in [2.05, 4.69) is 35.6 Å². The van der Waals surface area contributed by atoms with Gasteiger partial charge in [-0.1, -0.05) is 49.6 Å². The van der Waals surface area contributed by atoms with Gasteiger partial charge in [-0.05, 0) is 34.2 Å². The van der Waals surface area contributed by atoms with Crippen molar-refractivity contribution in [1.29, 1.82) is 0 Å². The fourth-order valence-electron chi connectivity index (χ4n) is 2.54. The molecule has 0 saturated carbocycles. The third-order valence-electron chi connectivity index (χ3n) is 4.00. The molecule has 0 bridgehead atoms. The molecule has 9 heteroatoms. The number of benzene rings is 1. The normalized spacial score (nSPS) is 17.1. The number of hydrazone groups is 1. The number of rotatable bonds is 4. The molecule has 7 nitrogen and oxygen atoms in total. The van der Waals surface area contributed by atoms with Crippen LogP contribution in [0.15, 0.2) is 46.5 Å². The molecular weight excluding hydrogens is 386 g/mol. The van der Waals surface area contributed by atoms with E-state index in [9.17, 15) is 8.42 Å². The third-order valence-corrected chi connectivity index (χ3v) is 5.59. The number of halogens is 1. The molecule has 1 unspecified atom stereocenters. The van der Waals surface area contributed by atoms with Gasteiger partial charge in [-0.3, -0.25) is 4.72 Å². The molecule has 2 aromatic rings. The number of aromatic nitrogens is 1. The van der Waals surface area contributed by atoms with Crippen LogP contribution < -0.4 is 10.5 Å². The number of hydrogen-bond donors (Lipinski definition) is 2. The van der Waals surface area contributed by atoms with Crippen LogP contribution in [0.3, 0.4) is 0 Å². The van der Waals surface area contributed by atoms with Gasteiger partial charge in [0.25, 0.3) is 10.0 Å². The first-order chi connectivity index (χ1) is 12.6. The molecule has 1 atom stereocenters. The molecule has 1 aromatic carbocycles. The van der Waals surface area contributed by atoms with Crippen molar-refractivity contribution in [3.63, 3.8) is 0 Å². The van der Waals surface area contributed by atoms with Crippen molar-refractivity contribution in [3.8, 4) is 0 Å². The van der Waals surface area contributed by atoms with Gasteiger partial charge in [0.05, 0.1) is 16.1 Å². The van der Waals surface area contributed by atoms with Crippen molar-refractivity contribution in [3.05, 3.63) is 47.1 Å². The molecule has 3 N–H and O–H groups in total. The maximum absolute atomic E-state index is 12.8. The summed E-state index contributed by atoms with van der Waals surface area (Å²) in [7, 11) is -3.83. The topological polar surface area (TPSA) is 100 Å². The Hall–Kier alpha value is -2.29. The largest absolute Gasteiger partial charge is 0.372 e. The van der Waals surface area contributed by atoms with Gasteiger partial charge >= 0.3 is 5.82 Å². The Morgan fingerprint density at radius 3 is 2.44 bits per heavy atom. The fraction of sp³-hybridized carbons (Fsp3) is 0.278. The standard InChI is InChI=1S/C18H21ClN5O2S/c1-18(2,3)12-4-6-15(7-5-12)27(25,26)23-16-8-13(19)9-21-17(16)24-11-14(20)10-22-24/h4-11,14,23H,20H2,1-3H3/q+1. The maximum Gasteiger partial charge on any atom is 0.372 e. The second-order valence-electron chi connectivity index (χ2n) is 7.24. The fourth-order valence-corrected chi connectivity index (χ4v) is 3.75. The molecule has 0 saturated heterocycles. The molecule has 1 aliphatic rings. The Balaban J connectivity index is 1.96. The average molecular weight is 407 g/mol. The highest BCUT2D eigenvalue weighted by molar-refractivity contribution is 7.92. The summed E-state index contributed by atoms with van der Waals surface area (Å²) in [5.41, 5.74) is 6.96. The first kappa shape index (κ1) is 19.5. The zero-order valence-corrected chi connectivity index (χ0v) is 16.8. The van der Waals surface area contributed by atoms with Gasteiger partial charge in [-0.2, -0.15) is 0 Å². The number of anilines is 1. The highest BCUT2D eigenvalue weighted by Crippen LogP contribution is 2.29. The smallest absolute Gasteiger partial charge is 0.317 e. The zero-order valence-electron chi connectivity index (χ0n) is 15.2. The number of nitrogens with zero attached hydrogens (tertiary/aromatic N) is 3. The summed E-state index contributed by atoms with van der Waals surface area (Å²) in [6.45, 7) is 6.20. The predicted octanol–water partition coefficient (Wildman–Crippen LogP) is 2.87. The third kappa shape index (κ3) is 4.35. The number of nitrogens with two attached hydrogens (primary N) is 1. The van der Waals surface area contributed by atoms with E-state index in [0.717, 1.165) is 5.56 Å². The van der Waals surface area contributed by atoms with Crippen LogP contribution in [0, 0.1) is 0 Å². The first-order valence-electron chi connectivity index (χ1n) is 8.29. The van der Waals surface area contributed by atoms with E-state index in [1.807, 2.05) is 12.1 Å². The zero-order chi connectivity index (χ0) is 19.8. The molecule has 0 fully saturated rings. The number of pyridine rings is 1. The Kier molecular flexibility index (Phi) is 5.07. The van der Waals surface area contributed by atoms with Gasteiger partial charge in [-0.25, -0.2) is 8.42 Å². The van der Waals surface area contributed by atoms with Crippen LogP contribution in [0.4, 0.5) is 11.5 Å². The van der Waals surface area contributed by atoms with E-state index < -0.39 is 10.0 Å². The van der Waals surface area contributed by atoms with Crippen molar-refractivity contribution >= 4 is 45.6 Å². The molecule has 142 valence electrons. The van der Waals surface area contributed by atoms with E-state index in [1.54, 1.807) is 18.3 Å². The minimum Gasteiger partial charge on any atom is -0.317 e. The van der Waals surface area contributed by atoms with Gasteiger partial charge in [0.2, 0.25) is 0 Å². The van der Waals surface area contributed by atoms with Crippen LogP contribution >= 0.6 is 11.6 Å². The lowest BCUT2D eigenvalue weighted by Gasteiger charge is -2.19. The second-order valence-corrected chi connectivity index (χ2v) is 9.36. The molecule has 0 aliphatic carbocycles. The van der Waals surface area contributed by atoms with Crippen molar-refractivity contribution in [2.75, 3.05) is 4.72 Å². The molecule has 3 rings (SSSR count). The van der Waals surface area contributed by atoms with Gasteiger partial charge in [0.15, 0.2) is 6.20 Å². The molecule has 0 radical (unpaired) electrons. The van der Waals surface area contributed by atoms with Crippen molar-refractivity contribution < 1.29 is 13.1 Å². The van der Waals surface area contributed by atoms with Crippen LogP contribution in [0.2, 0.25) is 5.02 Å². The van der Waals surface area contributed by atoms with Crippen LogP contribution in [-0.2, 0) is 15.4 Å². The highest BCUT2D eigenvalue weighted by Gasteiger charge is 2.26. The van der Waals surface area contributed by atoms with Gasteiger partial charge < -0.3 is 5.73 Å². The van der Waals surface area contributed by atoms with Gasteiger partial charge in [-0.15, -0.1) is 4.68 Å². The van der Waals surface area contributed by atoms with E-state index >= 15 is 0 Å². The van der Waals surface area contributed by atoms with Crippen LogP contribution in [0.5, 0.6) is 0 Å². The predicted molar refractivity (Wildman–Crippen MR) is 108 cm³/mol. The summed E-state index contributed by atoms with van der Waals surface area (Å²) >= 11 is 6.01. The Labute approximate surface area is 163 Å². The van der Waals surface area contributed by atoms with E-state index in [-0.39, 0.29) is 22.0 Å². The van der Waals surface area contributed by atoms with E-state index in [1.165, 1.54) is 23.2 Å². The SMILES string of the molecule is CC(C)(C)c1ccc(S(=O)(=O)Nc2cc(Cl)cnc2[N+]2=CC(N)C=N2)cc1. The van der Waals surface area contributed by atoms with Crippen LogP contribution in [-0.4, -0.2) is 36.6 Å². The average Bonchev–Trinajstić information content (AvgIpc) is 3.00. The molecule has 27 heavy (non-hydrogen) atoms. The molecule has 1 aromatic heterocycles. The molecule has 1 aliphatic heterocycles. The lowest BCUT2D eigenvalue weighted by molar-refractivity contribution is -0.440. The second kappa shape index (κ2) is 7.03. The quantitative estimate of drug-likeness (QED) is 0.762. The Bertz CT molecular complexity index is 1020. The molecule has 2 heterocycles. The Morgan fingerprint density at radius 1 is 1.22 bits per heavy atom. The van der Waals surface area contributed by atoms with E-state index in [0.29, 0.717) is 10.8 Å². The highest BCUT2D eigenvalue weighted by atomic mass is 35.5. The summed E-state index contributed by atoms with van der Waals surface area (Å²) in [6.07, 6.45) is 4.56. The lowest BCUT2D eigenvalue weighted by atomic mass is 9.87. The number of sulfonamides is 1. The van der Waals surface area contributed by atoms with Crippen LogP contribution in [0.25, 0.3) is 0 Å². The van der Waals surface area contributed by atoms with Gasteiger partial charge in [0, 0.05) is 0 Å². The molecule has 0 spiro atoms. The van der Waals surface area contributed by atoms with Crippen molar-refractivity contribution in [2.24, 2.45) is 10.8 Å². The van der Waals surface area contributed by atoms with Crippen molar-refractivity contribution in [2.45, 2.75) is 37.1 Å². The Morgan fingerprint density at radius 2 is 1.89 bits per heavy atom. The molecular formula is C18H21ClN5O2S+. The lowest BCUT2D eigenvalue weighted by Crippen LogP contribution is -2.21. The molecule has 0 amide bonds. The minimum absolute atomic E-state index is 0.0673. The van der Waals surface area contributed by atoms with E-state index in [4.69, 9.17) is 17.3 Å². The van der Waals surface area contributed by atoms with Gasteiger partial charge in [0.1, 0.15) is 17.9 Å². The maximum atomic E-state index is 12.8. The monoisotopic (exact) mass is 406 g/mol.